The maximum atomic E-state index is 11.0. The van der Waals surface area contributed by atoms with E-state index >= 15 is 0 Å². The van der Waals surface area contributed by atoms with E-state index in [4.69, 9.17) is 10.5 Å². The number of hydrogen-bond acceptors (Lipinski definition) is 9. The SMILES string of the molecule is CC(=O)OCCCn1c(Sc2nc3cccc(Br)c3s2)nc2c(N)ncnc21. The number of fused-ring (bicyclic) bond motifs is 2. The maximum absolute atomic E-state index is 11.0. The monoisotopic (exact) mass is 478 g/mol. The van der Waals surface area contributed by atoms with Gasteiger partial charge in [-0.15, -0.1) is 11.3 Å². The first kappa shape index (κ1) is 19.1. The van der Waals surface area contributed by atoms with Crippen LogP contribution < -0.4 is 5.73 Å². The molecule has 0 amide bonds. The van der Waals surface area contributed by atoms with Crippen molar-refractivity contribution in [3.8, 4) is 0 Å². The number of imidazole rings is 1. The number of rotatable bonds is 6. The second kappa shape index (κ2) is 8.02. The Balaban J connectivity index is 1.68. The van der Waals surface area contributed by atoms with Crippen molar-refractivity contribution in [2.75, 3.05) is 12.3 Å². The smallest absolute Gasteiger partial charge is 0.302 e. The number of aromatic nitrogens is 5. The van der Waals surface area contributed by atoms with E-state index in [1.54, 1.807) is 11.3 Å². The summed E-state index contributed by atoms with van der Waals surface area (Å²) in [5.41, 5.74) is 8.12. The number of esters is 1. The van der Waals surface area contributed by atoms with Crippen molar-refractivity contribution in [1.82, 2.24) is 24.5 Å². The highest BCUT2D eigenvalue weighted by atomic mass is 79.9. The van der Waals surface area contributed by atoms with Gasteiger partial charge in [-0.05, 0) is 46.2 Å². The average molecular weight is 479 g/mol. The molecule has 28 heavy (non-hydrogen) atoms. The van der Waals surface area contributed by atoms with Crippen molar-refractivity contribution in [3.63, 3.8) is 0 Å². The fourth-order valence-corrected chi connectivity index (χ4v) is 5.34. The van der Waals surface area contributed by atoms with Gasteiger partial charge in [0, 0.05) is 17.9 Å². The van der Waals surface area contributed by atoms with E-state index < -0.39 is 0 Å². The zero-order chi connectivity index (χ0) is 19.7. The third-order valence-electron chi connectivity index (χ3n) is 3.88. The molecule has 2 N–H and O–H groups in total. The van der Waals surface area contributed by atoms with Gasteiger partial charge in [0.25, 0.3) is 0 Å². The van der Waals surface area contributed by atoms with Crippen molar-refractivity contribution in [1.29, 1.82) is 0 Å². The number of nitrogens with two attached hydrogens (primary N) is 1. The lowest BCUT2D eigenvalue weighted by molar-refractivity contribution is -0.141. The van der Waals surface area contributed by atoms with Crippen LogP contribution in [0.2, 0.25) is 0 Å². The number of hydrogen-bond donors (Lipinski definition) is 1. The predicted octanol–water partition coefficient (Wildman–Crippen LogP) is 3.89. The van der Waals surface area contributed by atoms with E-state index in [0.717, 1.165) is 24.2 Å². The summed E-state index contributed by atoms with van der Waals surface area (Å²) in [6.07, 6.45) is 2.05. The minimum absolute atomic E-state index is 0.295. The van der Waals surface area contributed by atoms with Crippen LogP contribution in [0.25, 0.3) is 21.4 Å². The molecule has 3 aromatic heterocycles. The zero-order valence-electron chi connectivity index (χ0n) is 14.8. The van der Waals surface area contributed by atoms with E-state index in [0.29, 0.717) is 36.6 Å². The summed E-state index contributed by atoms with van der Waals surface area (Å²) in [5.74, 6) is 0.0364. The molecule has 0 saturated carbocycles. The molecule has 4 aromatic rings. The van der Waals surface area contributed by atoms with Crippen LogP contribution in [0.3, 0.4) is 0 Å². The van der Waals surface area contributed by atoms with Gasteiger partial charge in [0.15, 0.2) is 26.5 Å². The highest BCUT2D eigenvalue weighted by Gasteiger charge is 2.18. The minimum Gasteiger partial charge on any atom is -0.466 e. The number of carbonyl (C=O) groups is 1. The lowest BCUT2D eigenvalue weighted by Gasteiger charge is -2.07. The molecule has 144 valence electrons. The Kier molecular flexibility index (Phi) is 5.47. The molecule has 0 atom stereocenters. The van der Waals surface area contributed by atoms with Gasteiger partial charge in [0.1, 0.15) is 6.33 Å². The van der Waals surface area contributed by atoms with Crippen LogP contribution in [0.5, 0.6) is 0 Å². The molecule has 0 unspecified atom stereocenters. The molecule has 8 nitrogen and oxygen atoms in total. The van der Waals surface area contributed by atoms with E-state index in [2.05, 4.69) is 35.9 Å². The van der Waals surface area contributed by atoms with Gasteiger partial charge >= 0.3 is 5.97 Å². The standard InChI is InChI=1S/C17H15BrN6O2S2/c1-9(25)26-7-3-6-24-15-12(14(19)20-8-21-15)23-16(24)28-17-22-11-5-2-4-10(18)13(11)27-17/h2,4-5,8H,3,6-7H2,1H3,(H2,19,20,21). The molecular weight excluding hydrogens is 464 g/mol. The van der Waals surface area contributed by atoms with Gasteiger partial charge in [0.2, 0.25) is 0 Å². The molecule has 0 radical (unpaired) electrons. The lowest BCUT2D eigenvalue weighted by Crippen LogP contribution is -2.07. The number of thiazole rings is 1. The predicted molar refractivity (Wildman–Crippen MR) is 112 cm³/mol. The highest BCUT2D eigenvalue weighted by Crippen LogP contribution is 2.38. The van der Waals surface area contributed by atoms with Gasteiger partial charge in [-0.3, -0.25) is 4.79 Å². The van der Waals surface area contributed by atoms with Crippen LogP contribution in [0.1, 0.15) is 13.3 Å². The minimum atomic E-state index is -0.295. The second-order valence-corrected chi connectivity index (χ2v) is 8.91. The third-order valence-corrected chi connectivity index (χ3v) is 6.97. The zero-order valence-corrected chi connectivity index (χ0v) is 18.0. The van der Waals surface area contributed by atoms with E-state index in [9.17, 15) is 4.79 Å². The van der Waals surface area contributed by atoms with Gasteiger partial charge in [-0.2, -0.15) is 0 Å². The van der Waals surface area contributed by atoms with Crippen LogP contribution in [-0.2, 0) is 16.1 Å². The summed E-state index contributed by atoms with van der Waals surface area (Å²) in [4.78, 5) is 28.7. The second-order valence-electron chi connectivity index (χ2n) is 5.84. The Morgan fingerprint density at radius 2 is 2.21 bits per heavy atom. The molecule has 0 spiro atoms. The fourth-order valence-electron chi connectivity index (χ4n) is 2.67. The molecule has 0 bridgehead atoms. The molecule has 0 fully saturated rings. The van der Waals surface area contributed by atoms with E-state index in [1.807, 2.05) is 22.8 Å². The topological polar surface area (TPSA) is 109 Å². The Morgan fingerprint density at radius 1 is 1.36 bits per heavy atom. The van der Waals surface area contributed by atoms with Crippen molar-refractivity contribution < 1.29 is 9.53 Å². The summed E-state index contributed by atoms with van der Waals surface area (Å²) in [7, 11) is 0. The molecule has 4 rings (SSSR count). The average Bonchev–Trinajstić information content (AvgIpc) is 3.22. The van der Waals surface area contributed by atoms with Crippen LogP contribution in [0.4, 0.5) is 5.82 Å². The molecule has 0 aliphatic rings. The number of halogens is 1. The van der Waals surface area contributed by atoms with Crippen LogP contribution in [-0.4, -0.2) is 37.1 Å². The number of aryl methyl sites for hydroxylation is 1. The Labute approximate surface area is 176 Å². The molecule has 0 aliphatic carbocycles. The van der Waals surface area contributed by atoms with Gasteiger partial charge in [0.05, 0.1) is 16.8 Å². The summed E-state index contributed by atoms with van der Waals surface area (Å²) >= 11 is 6.61. The number of nitrogens with zero attached hydrogens (tertiary/aromatic N) is 5. The van der Waals surface area contributed by atoms with E-state index in [-0.39, 0.29) is 5.97 Å². The Hall–Kier alpha value is -2.24. The molecule has 0 aliphatic heterocycles. The Morgan fingerprint density at radius 3 is 3.00 bits per heavy atom. The number of carbonyl (C=O) groups excluding carboxylic acids is 1. The summed E-state index contributed by atoms with van der Waals surface area (Å²) < 4.78 is 9.96. The number of ether oxygens (including phenoxy) is 1. The highest BCUT2D eigenvalue weighted by molar-refractivity contribution is 9.10. The summed E-state index contributed by atoms with van der Waals surface area (Å²) in [5, 5.41) is 0.722. The van der Waals surface area contributed by atoms with Crippen LogP contribution in [0, 0.1) is 0 Å². The number of benzene rings is 1. The maximum Gasteiger partial charge on any atom is 0.302 e. The molecular formula is C17H15BrN6O2S2. The Bertz CT molecular complexity index is 1180. The van der Waals surface area contributed by atoms with Crippen molar-refractivity contribution in [2.45, 2.75) is 29.4 Å². The molecule has 1 aromatic carbocycles. The molecule has 11 heteroatoms. The van der Waals surface area contributed by atoms with Gasteiger partial charge in [-0.1, -0.05) is 6.07 Å². The number of anilines is 1. The largest absolute Gasteiger partial charge is 0.466 e. The van der Waals surface area contributed by atoms with E-state index in [1.165, 1.54) is 25.0 Å². The van der Waals surface area contributed by atoms with Gasteiger partial charge in [-0.25, -0.2) is 19.9 Å². The summed E-state index contributed by atoms with van der Waals surface area (Å²) in [6, 6.07) is 5.93. The van der Waals surface area contributed by atoms with Gasteiger partial charge < -0.3 is 15.0 Å². The van der Waals surface area contributed by atoms with Crippen LogP contribution >= 0.6 is 39.0 Å². The first-order valence-corrected chi connectivity index (χ1v) is 10.8. The first-order valence-electron chi connectivity index (χ1n) is 8.36. The molecule has 0 saturated heterocycles. The number of nitrogen functional groups attached to an aromatic ring is 1. The quantitative estimate of drug-likeness (QED) is 0.328. The van der Waals surface area contributed by atoms with Crippen molar-refractivity contribution >= 4 is 72.2 Å². The normalized spacial score (nSPS) is 11.4. The van der Waals surface area contributed by atoms with Crippen molar-refractivity contribution in [2.24, 2.45) is 0 Å². The molecule has 3 heterocycles. The third kappa shape index (κ3) is 3.82. The summed E-state index contributed by atoms with van der Waals surface area (Å²) in [6.45, 7) is 2.30. The fraction of sp³-hybridized carbons (Fsp3) is 0.235. The lowest BCUT2D eigenvalue weighted by atomic mass is 10.3. The van der Waals surface area contributed by atoms with Crippen LogP contribution in [0.15, 0.2) is 38.5 Å². The van der Waals surface area contributed by atoms with Crippen molar-refractivity contribution in [3.05, 3.63) is 29.0 Å². The first-order chi connectivity index (χ1) is 13.5.